The van der Waals surface area contributed by atoms with Crippen molar-refractivity contribution in [1.29, 1.82) is 0 Å². The number of carbonyl (C=O) groups is 2. The normalized spacial score (nSPS) is 11.3. The Morgan fingerprint density at radius 1 is 0.829 bits per heavy atom. The lowest BCUT2D eigenvalue weighted by atomic mass is 10.00. The number of carbonyl (C=O) groups excluding carboxylic acids is 1. The fraction of sp³-hybridized carbons (Fsp3) is 0.333. The number of carboxylic acid groups (broad SMARTS) is 1. The number of anilines is 2. The third-order valence-electron chi connectivity index (χ3n) is 8.50. The van der Waals surface area contributed by atoms with E-state index in [4.69, 9.17) is 83.8 Å². The summed E-state index contributed by atoms with van der Waals surface area (Å²) in [6.07, 6.45) is 0.0112. The molecule has 9 N–H and O–H groups in total. The Morgan fingerprint density at radius 2 is 1.34 bits per heavy atom. The second-order valence-corrected chi connectivity index (χ2v) is 15.4. The minimum Gasteiger partial charge on any atom is -0.480 e. The summed E-state index contributed by atoms with van der Waals surface area (Å²) in [4.78, 5) is 79.0. The number of ether oxygens (including phenoxy) is 1. The van der Waals surface area contributed by atoms with Crippen molar-refractivity contribution >= 4 is 92.9 Å². The molecular weight excluding hydrogens is 1040 g/mol. The van der Waals surface area contributed by atoms with E-state index in [-0.39, 0.29) is 64.7 Å². The molecule has 0 saturated carbocycles. The van der Waals surface area contributed by atoms with Crippen LogP contribution in [0.25, 0.3) is 11.1 Å². The minimum absolute atomic E-state index is 0.0112. The summed E-state index contributed by atoms with van der Waals surface area (Å²) in [7, 11) is 4.05. The standard InChI is InChI=1S/C23H20Cl2N4O5.C7H9ClN4O4.C5H3Cl2N3O3.C2H7NO.C2H6O/c1-29-22(31)17(19-21(28-29)34-10-9-26-19)13-7-5-12(6-8-13)11-16(23(32)33)27-20(30)18-14(24)3-2-4-15(18)25;1-11-7(14)4(8)5(9-2-3-13)6(10-11)12(15)16;1-9-5(11)3(7)2(6)4(8-9)10(12)13;3-1-2-4;1-2-3/h2-8,16,26H,9-11H2,1H3,(H,27,30)(H,32,33);9,13H,2-3H2,1H3;1H3;4H,1-3H2;3H,2H2,1H3/t16-;;;;/m0..../s1. The number of benzene rings is 2. The highest BCUT2D eigenvalue weighted by Gasteiger charge is 2.27. The molecule has 26 nitrogen and oxygen atoms in total. The van der Waals surface area contributed by atoms with E-state index in [9.17, 15) is 49.3 Å². The van der Waals surface area contributed by atoms with Crippen LogP contribution in [0.4, 0.5) is 23.0 Å². The number of aliphatic hydroxyl groups excluding tert-OH is 3. The summed E-state index contributed by atoms with van der Waals surface area (Å²) in [6, 6.07) is 10.2. The molecule has 0 bridgehead atoms. The van der Waals surface area contributed by atoms with Crippen LogP contribution >= 0.6 is 58.0 Å². The van der Waals surface area contributed by atoms with Gasteiger partial charge in [-0.05, 0) is 40.0 Å². The number of hydrogen-bond acceptors (Lipinski definition) is 19. The second kappa shape index (κ2) is 28.9. The number of halogens is 5. The van der Waals surface area contributed by atoms with Crippen molar-refractivity contribution < 1.29 is 44.6 Å². The van der Waals surface area contributed by atoms with Crippen LogP contribution in [0.3, 0.4) is 0 Å². The molecule has 1 amide bonds. The van der Waals surface area contributed by atoms with Gasteiger partial charge in [-0.2, -0.15) is 0 Å². The minimum atomic E-state index is -1.22. The molecule has 70 heavy (non-hydrogen) atoms. The van der Waals surface area contributed by atoms with Gasteiger partial charge in [-0.15, -0.1) is 14.5 Å². The van der Waals surface area contributed by atoms with Crippen LogP contribution < -0.4 is 43.1 Å². The maximum atomic E-state index is 12.8. The van der Waals surface area contributed by atoms with E-state index in [1.54, 1.807) is 44.3 Å². The number of nitrogens with zero attached hydrogens (tertiary/aromatic N) is 8. The summed E-state index contributed by atoms with van der Waals surface area (Å²) >= 11 is 28.6. The van der Waals surface area contributed by atoms with Gasteiger partial charge < -0.3 is 67.1 Å². The first-order valence-electron chi connectivity index (χ1n) is 19.8. The van der Waals surface area contributed by atoms with E-state index in [1.165, 1.54) is 30.9 Å². The van der Waals surface area contributed by atoms with Gasteiger partial charge in [-0.1, -0.05) is 88.3 Å². The van der Waals surface area contributed by atoms with Gasteiger partial charge in [0.1, 0.15) is 28.4 Å². The summed E-state index contributed by atoms with van der Waals surface area (Å²) in [6.45, 7) is 3.18. The molecule has 0 saturated heterocycles. The summed E-state index contributed by atoms with van der Waals surface area (Å²) < 4.78 is 8.31. The number of aromatic nitrogens is 6. The Bertz CT molecular complexity index is 2810. The average molecular weight is 1080 g/mol. The maximum absolute atomic E-state index is 12.8. The summed E-state index contributed by atoms with van der Waals surface area (Å²) in [5.74, 6) is -2.73. The number of aliphatic hydroxyl groups is 3. The smallest absolute Gasteiger partial charge is 0.413 e. The number of nitrogens with one attached hydrogen (secondary N) is 3. The topological polar surface area (TPSA) is 377 Å². The molecule has 2 aromatic carbocycles. The van der Waals surface area contributed by atoms with Gasteiger partial charge in [0, 0.05) is 39.7 Å². The molecule has 0 aliphatic carbocycles. The van der Waals surface area contributed by atoms with E-state index < -0.39 is 60.6 Å². The maximum Gasteiger partial charge on any atom is 0.413 e. The summed E-state index contributed by atoms with van der Waals surface area (Å²) in [5.41, 5.74) is 5.21. The monoisotopic (exact) mass is 1080 g/mol. The Hall–Kier alpha value is -6.49. The van der Waals surface area contributed by atoms with Crippen LogP contribution in [-0.2, 0) is 32.4 Å². The van der Waals surface area contributed by atoms with E-state index in [1.807, 2.05) is 0 Å². The van der Waals surface area contributed by atoms with Gasteiger partial charge in [0.2, 0.25) is 0 Å². The molecule has 1 aliphatic rings. The number of rotatable bonds is 12. The first kappa shape index (κ1) is 59.6. The molecule has 4 heterocycles. The van der Waals surface area contributed by atoms with Crippen LogP contribution in [0.15, 0.2) is 56.8 Å². The second-order valence-electron chi connectivity index (χ2n) is 13.4. The molecule has 3 aromatic heterocycles. The number of nitrogens with two attached hydrogens (primary N) is 1. The number of fused-ring (bicyclic) bond motifs is 1. The highest BCUT2D eigenvalue weighted by atomic mass is 35.5. The molecule has 0 spiro atoms. The van der Waals surface area contributed by atoms with Crippen molar-refractivity contribution in [2.75, 3.05) is 56.7 Å². The van der Waals surface area contributed by atoms with Gasteiger partial charge in [0.05, 0.1) is 58.7 Å². The molecule has 5 aromatic rings. The predicted molar refractivity (Wildman–Crippen MR) is 260 cm³/mol. The van der Waals surface area contributed by atoms with E-state index >= 15 is 0 Å². The number of aryl methyl sites for hydroxylation is 3. The average Bonchev–Trinajstić information content (AvgIpc) is 3.32. The molecule has 6 rings (SSSR count). The molecule has 380 valence electrons. The zero-order chi connectivity index (χ0) is 53.0. The van der Waals surface area contributed by atoms with Crippen LogP contribution in [0.2, 0.25) is 25.1 Å². The van der Waals surface area contributed by atoms with Crippen molar-refractivity contribution in [3.05, 3.63) is 130 Å². The van der Waals surface area contributed by atoms with Gasteiger partial charge in [-0.3, -0.25) is 19.2 Å². The van der Waals surface area contributed by atoms with Crippen LogP contribution in [0.1, 0.15) is 22.8 Å². The van der Waals surface area contributed by atoms with Gasteiger partial charge in [0.15, 0.2) is 10.7 Å². The quantitative estimate of drug-likeness (QED) is 0.0657. The molecule has 31 heteroatoms. The number of nitro groups is 2. The van der Waals surface area contributed by atoms with Crippen LogP contribution in [0.5, 0.6) is 5.88 Å². The van der Waals surface area contributed by atoms with Gasteiger partial charge in [0.25, 0.3) is 17.3 Å². The zero-order valence-electron chi connectivity index (χ0n) is 37.2. The number of amides is 1. The molecule has 0 unspecified atom stereocenters. The van der Waals surface area contributed by atoms with Crippen molar-refractivity contribution in [2.45, 2.75) is 19.4 Å². The Morgan fingerprint density at radius 3 is 1.84 bits per heavy atom. The zero-order valence-corrected chi connectivity index (χ0v) is 41.0. The SMILES string of the molecule is CCO.Cn1nc([N+](=O)[O-])c(Cl)c(Cl)c1=O.Cn1nc([N+](=O)[O-])c(NCCO)c(Cl)c1=O.Cn1nc2c(c(-c3ccc(C[C@H](NC(=O)c4c(Cl)cccc4Cl)C(=O)O)cc3)c1=O)NCCO2.NCCO. The molecule has 0 radical (unpaired) electrons. The van der Waals surface area contributed by atoms with Crippen molar-refractivity contribution in [1.82, 2.24) is 34.7 Å². The van der Waals surface area contributed by atoms with Crippen molar-refractivity contribution in [3.63, 3.8) is 0 Å². The highest BCUT2D eigenvalue weighted by Crippen LogP contribution is 2.33. The first-order valence-corrected chi connectivity index (χ1v) is 21.7. The molecule has 0 fully saturated rings. The van der Waals surface area contributed by atoms with E-state index in [2.05, 4.69) is 31.2 Å². The lowest BCUT2D eigenvalue weighted by Crippen LogP contribution is -2.42. The lowest BCUT2D eigenvalue weighted by Gasteiger charge is -2.21. The third kappa shape index (κ3) is 16.3. The highest BCUT2D eigenvalue weighted by molar-refractivity contribution is 6.43. The third-order valence-corrected chi connectivity index (χ3v) is 10.3. The lowest BCUT2D eigenvalue weighted by molar-refractivity contribution is -0.390. The Labute approximate surface area is 420 Å². The van der Waals surface area contributed by atoms with Gasteiger partial charge in [-0.25, -0.2) is 9.48 Å². The fourth-order valence-electron chi connectivity index (χ4n) is 5.38. The van der Waals surface area contributed by atoms with Crippen LogP contribution in [-0.4, -0.2) is 124 Å². The van der Waals surface area contributed by atoms with Crippen LogP contribution in [0, 0.1) is 20.2 Å². The number of hydrogen-bond donors (Lipinski definition) is 8. The Balaban J connectivity index is 0.000000385. The Kier molecular flexibility index (Phi) is 24.6. The fourth-order valence-corrected chi connectivity index (χ4v) is 6.62. The molecule has 1 aliphatic heterocycles. The number of aliphatic carboxylic acids is 1. The molecular formula is C39H45Cl5N12O14. The van der Waals surface area contributed by atoms with Crippen molar-refractivity contribution in [3.8, 4) is 17.0 Å². The van der Waals surface area contributed by atoms with Crippen molar-refractivity contribution in [2.24, 2.45) is 26.9 Å². The first-order chi connectivity index (χ1) is 33.0. The largest absolute Gasteiger partial charge is 0.480 e. The van der Waals surface area contributed by atoms with Gasteiger partial charge >= 0.3 is 28.7 Å². The number of carboxylic acids is 1. The van der Waals surface area contributed by atoms with E-state index in [0.717, 1.165) is 9.36 Å². The molecule has 1 atom stereocenters. The predicted octanol–water partition coefficient (Wildman–Crippen LogP) is 2.66. The summed E-state index contributed by atoms with van der Waals surface area (Å²) in [5, 5.41) is 72.7. The van der Waals surface area contributed by atoms with E-state index in [0.29, 0.717) is 48.0 Å².